The average molecular weight is 390 g/mol. The van der Waals surface area contributed by atoms with Gasteiger partial charge in [-0.1, -0.05) is 0 Å². The van der Waals surface area contributed by atoms with Crippen LogP contribution in [0.25, 0.3) is 11.0 Å². The third kappa shape index (κ3) is 3.20. The molecule has 27 heavy (non-hydrogen) atoms. The zero-order valence-electron chi connectivity index (χ0n) is 14.9. The molecule has 10 heteroatoms. The minimum absolute atomic E-state index is 0.0791. The van der Waals surface area contributed by atoms with Crippen molar-refractivity contribution in [2.45, 2.75) is 4.90 Å². The molecule has 2 N–H and O–H groups in total. The van der Waals surface area contributed by atoms with Gasteiger partial charge in [-0.05, 0) is 42.5 Å². The molecular weight excluding hydrogens is 372 g/mol. The van der Waals surface area contributed by atoms with Crippen LogP contribution in [0.3, 0.4) is 0 Å². The number of hydroxylamine groups is 1. The maximum atomic E-state index is 13.0. The number of rotatable bonds is 5. The van der Waals surface area contributed by atoms with Crippen molar-refractivity contribution in [3.63, 3.8) is 0 Å². The number of methoxy groups -OCH3 is 1. The van der Waals surface area contributed by atoms with Crippen molar-refractivity contribution >= 4 is 32.7 Å². The summed E-state index contributed by atoms with van der Waals surface area (Å²) in [6.45, 7) is 0. The number of carbonyl (C=O) groups excluding carboxylic acids is 1. The third-order valence-corrected chi connectivity index (χ3v) is 6.03. The molecule has 2 aromatic carbocycles. The molecular formula is C17H18N4O5S. The first-order valence-corrected chi connectivity index (χ1v) is 9.27. The zero-order chi connectivity index (χ0) is 19.8. The highest BCUT2D eigenvalue weighted by atomic mass is 32.2. The van der Waals surface area contributed by atoms with Crippen LogP contribution in [0.4, 0.5) is 5.69 Å². The summed E-state index contributed by atoms with van der Waals surface area (Å²) in [4.78, 5) is 15.7. The third-order valence-electron chi connectivity index (χ3n) is 4.25. The lowest BCUT2D eigenvalue weighted by Gasteiger charge is -2.19. The molecule has 0 fully saturated rings. The van der Waals surface area contributed by atoms with Gasteiger partial charge in [0.05, 0.1) is 28.7 Å². The van der Waals surface area contributed by atoms with Gasteiger partial charge < -0.3 is 4.74 Å². The molecule has 1 amide bonds. The van der Waals surface area contributed by atoms with Gasteiger partial charge in [0.1, 0.15) is 0 Å². The standard InChI is InChI=1S/C17H18N4O5S/c1-20-15-9-8-13(10-14(15)18-17(20)26-3)27(24,25)21(2)12-6-4-11(5-7-12)16(22)19-23/h4-10,23H,1-3H3,(H,19,22). The molecule has 0 atom stereocenters. The van der Waals surface area contributed by atoms with Gasteiger partial charge in [-0.2, -0.15) is 4.98 Å². The summed E-state index contributed by atoms with van der Waals surface area (Å²) in [7, 11) is 0.847. The smallest absolute Gasteiger partial charge is 0.296 e. The molecule has 1 aromatic heterocycles. The fourth-order valence-corrected chi connectivity index (χ4v) is 3.90. The Morgan fingerprint density at radius 1 is 1.22 bits per heavy atom. The van der Waals surface area contributed by atoms with Gasteiger partial charge >= 0.3 is 0 Å². The van der Waals surface area contributed by atoms with Crippen LogP contribution in [0, 0.1) is 0 Å². The topological polar surface area (TPSA) is 114 Å². The average Bonchev–Trinajstić information content (AvgIpc) is 3.02. The van der Waals surface area contributed by atoms with Crippen molar-refractivity contribution in [1.29, 1.82) is 0 Å². The molecule has 0 aliphatic carbocycles. The lowest BCUT2D eigenvalue weighted by Crippen LogP contribution is -2.26. The first kappa shape index (κ1) is 18.7. The Balaban J connectivity index is 1.97. The van der Waals surface area contributed by atoms with E-state index in [-0.39, 0.29) is 10.5 Å². The molecule has 0 aliphatic rings. The maximum absolute atomic E-state index is 13.0. The molecule has 0 saturated carbocycles. The van der Waals surface area contributed by atoms with Crippen molar-refractivity contribution in [3.05, 3.63) is 48.0 Å². The first-order chi connectivity index (χ1) is 12.8. The number of hydrogen-bond donors (Lipinski definition) is 2. The fraction of sp³-hybridized carbons (Fsp3) is 0.176. The Labute approximate surface area is 155 Å². The van der Waals surface area contributed by atoms with E-state index < -0.39 is 15.9 Å². The largest absolute Gasteiger partial charge is 0.468 e. The van der Waals surface area contributed by atoms with Crippen LogP contribution in [0.15, 0.2) is 47.4 Å². The van der Waals surface area contributed by atoms with Crippen LogP contribution in [0.5, 0.6) is 6.01 Å². The van der Waals surface area contributed by atoms with E-state index in [0.29, 0.717) is 17.2 Å². The normalized spacial score (nSPS) is 11.4. The van der Waals surface area contributed by atoms with Gasteiger partial charge in [-0.25, -0.2) is 13.9 Å². The molecule has 0 radical (unpaired) electrons. The molecule has 9 nitrogen and oxygen atoms in total. The van der Waals surface area contributed by atoms with E-state index in [2.05, 4.69) is 4.98 Å². The Hall–Kier alpha value is -3.11. The molecule has 0 spiro atoms. The summed E-state index contributed by atoms with van der Waals surface area (Å²) in [6, 6.07) is 10.8. The lowest BCUT2D eigenvalue weighted by molar-refractivity contribution is 0.0706. The van der Waals surface area contributed by atoms with Crippen LogP contribution in [0.1, 0.15) is 10.4 Å². The summed E-state index contributed by atoms with van der Waals surface area (Å²) in [5.41, 5.74) is 3.33. The predicted molar refractivity (Wildman–Crippen MR) is 98.5 cm³/mol. The predicted octanol–water partition coefficient (Wildman–Crippen LogP) is 1.53. The maximum Gasteiger partial charge on any atom is 0.296 e. The molecule has 142 valence electrons. The Bertz CT molecular complexity index is 1110. The number of sulfonamides is 1. The minimum Gasteiger partial charge on any atom is -0.468 e. The number of benzene rings is 2. The second-order valence-corrected chi connectivity index (χ2v) is 7.74. The van der Waals surface area contributed by atoms with Crippen LogP contribution in [-0.4, -0.2) is 43.2 Å². The van der Waals surface area contributed by atoms with Crippen molar-refractivity contribution in [2.24, 2.45) is 7.05 Å². The Morgan fingerprint density at radius 2 is 1.89 bits per heavy atom. The molecule has 0 bridgehead atoms. The van der Waals surface area contributed by atoms with E-state index in [0.717, 1.165) is 9.82 Å². The SMILES string of the molecule is COc1nc2cc(S(=O)(=O)N(C)c3ccc(C(=O)NO)cc3)ccc2n1C. The van der Waals surface area contributed by atoms with E-state index in [1.54, 1.807) is 17.7 Å². The molecule has 0 unspecified atom stereocenters. The highest BCUT2D eigenvalue weighted by Crippen LogP contribution is 2.26. The minimum atomic E-state index is -3.84. The number of hydrogen-bond acceptors (Lipinski definition) is 6. The number of imidazole rings is 1. The van der Waals surface area contributed by atoms with Gasteiger partial charge in [0.15, 0.2) is 0 Å². The molecule has 1 heterocycles. The molecule has 3 rings (SSSR count). The molecule has 0 saturated heterocycles. The Morgan fingerprint density at radius 3 is 2.48 bits per heavy atom. The number of fused-ring (bicyclic) bond motifs is 1. The number of anilines is 1. The number of ether oxygens (including phenoxy) is 1. The van der Waals surface area contributed by atoms with Crippen LogP contribution in [-0.2, 0) is 17.1 Å². The van der Waals surface area contributed by atoms with Gasteiger partial charge in [-0.15, -0.1) is 0 Å². The molecule has 3 aromatic rings. The lowest BCUT2D eigenvalue weighted by atomic mass is 10.2. The van der Waals surface area contributed by atoms with Crippen molar-refractivity contribution in [3.8, 4) is 6.01 Å². The number of aryl methyl sites for hydroxylation is 1. The number of nitrogens with zero attached hydrogens (tertiary/aromatic N) is 3. The Kier molecular flexibility index (Phi) is 4.77. The summed E-state index contributed by atoms with van der Waals surface area (Å²) in [5.74, 6) is -0.679. The first-order valence-electron chi connectivity index (χ1n) is 7.83. The van der Waals surface area contributed by atoms with Crippen LogP contribution in [0.2, 0.25) is 0 Å². The number of aromatic nitrogens is 2. The van der Waals surface area contributed by atoms with Gasteiger partial charge in [0.2, 0.25) is 0 Å². The van der Waals surface area contributed by atoms with E-state index in [9.17, 15) is 13.2 Å². The summed E-state index contributed by atoms with van der Waals surface area (Å²) < 4.78 is 33.9. The van der Waals surface area contributed by atoms with Crippen molar-refractivity contribution < 1.29 is 23.2 Å². The van der Waals surface area contributed by atoms with E-state index in [1.165, 1.54) is 56.0 Å². The van der Waals surface area contributed by atoms with Crippen LogP contribution < -0.4 is 14.5 Å². The van der Waals surface area contributed by atoms with Gasteiger partial charge in [-0.3, -0.25) is 18.9 Å². The fourth-order valence-electron chi connectivity index (χ4n) is 2.68. The van der Waals surface area contributed by atoms with E-state index in [1.807, 2.05) is 0 Å². The monoisotopic (exact) mass is 390 g/mol. The number of nitrogens with one attached hydrogen (secondary N) is 1. The number of carbonyl (C=O) groups is 1. The summed E-state index contributed by atoms with van der Waals surface area (Å²) >= 11 is 0. The van der Waals surface area contributed by atoms with Gasteiger partial charge in [0.25, 0.3) is 21.9 Å². The highest BCUT2D eigenvalue weighted by molar-refractivity contribution is 7.92. The zero-order valence-corrected chi connectivity index (χ0v) is 15.7. The van der Waals surface area contributed by atoms with Gasteiger partial charge in [0, 0.05) is 19.7 Å². The van der Waals surface area contributed by atoms with E-state index >= 15 is 0 Å². The van der Waals surface area contributed by atoms with E-state index in [4.69, 9.17) is 9.94 Å². The highest BCUT2D eigenvalue weighted by Gasteiger charge is 2.23. The van der Waals surface area contributed by atoms with Crippen molar-refractivity contribution in [2.75, 3.05) is 18.5 Å². The molecule has 0 aliphatic heterocycles. The second-order valence-electron chi connectivity index (χ2n) is 5.77. The van der Waals surface area contributed by atoms with Crippen molar-refractivity contribution in [1.82, 2.24) is 15.0 Å². The van der Waals surface area contributed by atoms with Crippen LogP contribution >= 0.6 is 0 Å². The second kappa shape index (κ2) is 6.89. The summed E-state index contributed by atoms with van der Waals surface area (Å²) in [5, 5.41) is 8.65. The summed E-state index contributed by atoms with van der Waals surface area (Å²) in [6.07, 6.45) is 0. The quantitative estimate of drug-likeness (QED) is 0.504. The number of amides is 1.